The Morgan fingerprint density at radius 2 is 1.64 bits per heavy atom. The number of nitrogens with zero attached hydrogens (tertiary/aromatic N) is 4. The number of fused-ring (bicyclic) bond motifs is 1. The fourth-order valence-corrected chi connectivity index (χ4v) is 6.33. The molecule has 2 aliphatic carbocycles. The van der Waals surface area contributed by atoms with Crippen LogP contribution in [-0.4, -0.2) is 33.6 Å². The maximum Gasteiger partial charge on any atom is 0.283 e. The van der Waals surface area contributed by atoms with Crippen molar-refractivity contribution < 1.29 is 8.42 Å². The Hall–Kier alpha value is -3.78. The van der Waals surface area contributed by atoms with E-state index in [1.54, 1.807) is 24.5 Å². The van der Waals surface area contributed by atoms with Crippen molar-refractivity contribution in [1.82, 2.24) is 19.2 Å². The van der Waals surface area contributed by atoms with Gasteiger partial charge in [-0.2, -0.15) is 12.5 Å². The molecule has 0 atom stereocenters. The van der Waals surface area contributed by atoms with Crippen molar-refractivity contribution in [1.29, 1.82) is 0 Å². The van der Waals surface area contributed by atoms with Crippen molar-refractivity contribution in [2.45, 2.75) is 49.0 Å². The average molecular weight is 498 g/mol. The van der Waals surface area contributed by atoms with Crippen LogP contribution in [0.15, 0.2) is 84.3 Å². The Morgan fingerprint density at radius 3 is 2.19 bits per heavy atom. The molecule has 0 saturated heterocycles. The fraction of sp³-hybridized carbons (Fsp3) is 0.250. The highest BCUT2D eigenvalue weighted by Crippen LogP contribution is 2.43. The molecule has 0 spiro atoms. The van der Waals surface area contributed by atoms with Crippen LogP contribution in [0.3, 0.4) is 0 Å². The van der Waals surface area contributed by atoms with Crippen LogP contribution in [0.4, 0.5) is 5.82 Å². The van der Waals surface area contributed by atoms with E-state index in [1.165, 1.54) is 10.5 Å². The van der Waals surface area contributed by atoms with Gasteiger partial charge in [0.15, 0.2) is 5.82 Å². The van der Waals surface area contributed by atoms with Gasteiger partial charge in [-0.1, -0.05) is 42.0 Å². The van der Waals surface area contributed by atoms with E-state index in [0.717, 1.165) is 35.1 Å². The Labute approximate surface area is 211 Å². The van der Waals surface area contributed by atoms with E-state index < -0.39 is 15.4 Å². The van der Waals surface area contributed by atoms with Crippen molar-refractivity contribution in [3.05, 3.63) is 107 Å². The summed E-state index contributed by atoms with van der Waals surface area (Å²) in [7, 11) is -3.92. The minimum atomic E-state index is -3.92. The summed E-state index contributed by atoms with van der Waals surface area (Å²) in [5.74, 6) is 0.618. The molecule has 1 N–H and O–H groups in total. The lowest BCUT2D eigenvalue weighted by atomic mass is 9.69. The maximum absolute atomic E-state index is 13.9. The van der Waals surface area contributed by atoms with Gasteiger partial charge < -0.3 is 5.32 Å². The molecule has 36 heavy (non-hydrogen) atoms. The lowest BCUT2D eigenvalue weighted by molar-refractivity contribution is 0.444. The first-order chi connectivity index (χ1) is 17.5. The van der Waals surface area contributed by atoms with Gasteiger partial charge in [0.1, 0.15) is 0 Å². The van der Waals surface area contributed by atoms with E-state index in [9.17, 15) is 8.42 Å². The van der Waals surface area contributed by atoms with Gasteiger partial charge >= 0.3 is 0 Å². The van der Waals surface area contributed by atoms with Crippen LogP contribution in [-0.2, 0) is 21.9 Å². The highest BCUT2D eigenvalue weighted by Gasteiger charge is 2.40. The van der Waals surface area contributed by atoms with Crippen molar-refractivity contribution >= 4 is 21.9 Å². The number of nitrogens with one attached hydrogen (secondary N) is 1. The molecule has 8 heteroatoms. The number of aromatic nitrogens is 4. The van der Waals surface area contributed by atoms with E-state index in [-0.39, 0.29) is 4.90 Å². The number of aryl methyl sites for hydroxylation is 1. The Kier molecular flexibility index (Phi) is 5.48. The smallest absolute Gasteiger partial charge is 0.283 e. The molecule has 0 radical (unpaired) electrons. The summed E-state index contributed by atoms with van der Waals surface area (Å²) in [4.78, 5) is 8.96. The molecule has 0 unspecified atom stereocenters. The van der Waals surface area contributed by atoms with E-state index in [4.69, 9.17) is 0 Å². The number of allylic oxidation sites excluding steroid dienone is 1. The highest BCUT2D eigenvalue weighted by molar-refractivity contribution is 7.89. The van der Waals surface area contributed by atoms with Gasteiger partial charge in [0.05, 0.1) is 10.6 Å². The number of anilines is 1. The Bertz CT molecular complexity index is 1480. The number of hydrogen-bond donors (Lipinski definition) is 1. The molecule has 7 nitrogen and oxygen atoms in total. The number of hydrogen-bond acceptors (Lipinski definition) is 6. The van der Waals surface area contributed by atoms with Crippen LogP contribution in [0.1, 0.15) is 47.2 Å². The van der Waals surface area contributed by atoms with Crippen LogP contribution in [0.2, 0.25) is 0 Å². The predicted molar refractivity (Wildman–Crippen MR) is 139 cm³/mol. The van der Waals surface area contributed by atoms with Gasteiger partial charge in [0, 0.05) is 48.2 Å². The molecule has 6 rings (SSSR count). The third-order valence-electron chi connectivity index (χ3n) is 7.31. The maximum atomic E-state index is 13.9. The number of rotatable bonds is 6. The van der Waals surface area contributed by atoms with Gasteiger partial charge in [-0.25, -0.2) is 0 Å². The average Bonchev–Trinajstić information content (AvgIpc) is 3.25. The third kappa shape index (κ3) is 3.73. The lowest BCUT2D eigenvalue weighted by Crippen LogP contribution is -2.33. The molecule has 2 aliphatic rings. The fourth-order valence-electron chi connectivity index (χ4n) is 5.01. The second kappa shape index (κ2) is 8.71. The summed E-state index contributed by atoms with van der Waals surface area (Å²) >= 11 is 0. The largest absolute Gasteiger partial charge is 0.365 e. The van der Waals surface area contributed by atoms with Crippen molar-refractivity contribution in [2.75, 3.05) is 5.32 Å². The van der Waals surface area contributed by atoms with Gasteiger partial charge in [-0.15, -0.1) is 5.10 Å². The van der Waals surface area contributed by atoms with Crippen LogP contribution in [0.25, 0.3) is 6.08 Å². The molecule has 1 aromatic carbocycles. The zero-order valence-electron chi connectivity index (χ0n) is 20.0. The standard InChI is InChI=1S/C28H27N5O2S/c1-20-9-11-24(12-10-20)36(34,35)33-26-17-28(21-5-3-15-29-18-21,22-6-4-16-30-19-22)14-13-25(26)27(32-33)31-23-7-2-8-23/h3-6,9-16,18-19,23H,2,7-8,17H2,1H3,(H,31,32). The van der Waals surface area contributed by atoms with E-state index >= 15 is 0 Å². The normalized spacial score (nSPS) is 16.8. The number of benzene rings is 1. The summed E-state index contributed by atoms with van der Waals surface area (Å²) in [6.45, 7) is 1.94. The molecule has 4 aromatic rings. The highest BCUT2D eigenvalue weighted by atomic mass is 32.2. The first-order valence-corrected chi connectivity index (χ1v) is 13.6. The van der Waals surface area contributed by atoms with Crippen molar-refractivity contribution in [3.63, 3.8) is 0 Å². The van der Waals surface area contributed by atoms with Gasteiger partial charge in [-0.3, -0.25) is 9.97 Å². The quantitative estimate of drug-likeness (QED) is 0.414. The van der Waals surface area contributed by atoms with Gasteiger partial charge in [-0.05, 0) is 61.6 Å². The second-order valence-corrected chi connectivity index (χ2v) is 11.4. The molecule has 0 amide bonds. The molecule has 182 valence electrons. The van der Waals surface area contributed by atoms with E-state index in [1.807, 2.05) is 61.8 Å². The third-order valence-corrected chi connectivity index (χ3v) is 8.94. The molecule has 3 heterocycles. The summed E-state index contributed by atoms with van der Waals surface area (Å²) in [6, 6.07) is 15.1. The lowest BCUT2D eigenvalue weighted by Gasteiger charge is -2.34. The first-order valence-electron chi connectivity index (χ1n) is 12.2. The second-order valence-electron chi connectivity index (χ2n) is 9.61. The molecular weight excluding hydrogens is 470 g/mol. The van der Waals surface area contributed by atoms with Gasteiger partial charge in [0.2, 0.25) is 0 Å². The molecule has 1 saturated carbocycles. The van der Waals surface area contributed by atoms with Crippen LogP contribution >= 0.6 is 0 Å². The Morgan fingerprint density at radius 1 is 0.972 bits per heavy atom. The molecule has 3 aromatic heterocycles. The van der Waals surface area contributed by atoms with E-state index in [2.05, 4.69) is 26.5 Å². The molecular formula is C28H27N5O2S. The molecule has 1 fully saturated rings. The van der Waals surface area contributed by atoms with Gasteiger partial charge in [0.25, 0.3) is 10.0 Å². The monoisotopic (exact) mass is 497 g/mol. The number of pyridine rings is 2. The summed E-state index contributed by atoms with van der Waals surface area (Å²) in [6.07, 6.45) is 15.0. The topological polar surface area (TPSA) is 89.8 Å². The minimum absolute atomic E-state index is 0.219. The zero-order chi connectivity index (χ0) is 24.8. The zero-order valence-corrected chi connectivity index (χ0v) is 20.8. The first kappa shape index (κ1) is 22.7. The molecule has 0 bridgehead atoms. The Balaban J connectivity index is 1.54. The van der Waals surface area contributed by atoms with Crippen molar-refractivity contribution in [2.24, 2.45) is 0 Å². The minimum Gasteiger partial charge on any atom is -0.365 e. The summed E-state index contributed by atoms with van der Waals surface area (Å²) < 4.78 is 29.1. The van der Waals surface area contributed by atoms with Crippen LogP contribution in [0.5, 0.6) is 0 Å². The predicted octanol–water partition coefficient (Wildman–Crippen LogP) is 4.74. The SMILES string of the molecule is Cc1ccc(S(=O)(=O)n2nc(NC3CCC3)c3c2CC(c2cccnc2)(c2cccnc2)C=C3)cc1. The van der Waals surface area contributed by atoms with Crippen LogP contribution < -0.4 is 5.32 Å². The van der Waals surface area contributed by atoms with E-state index in [0.29, 0.717) is 24.0 Å². The molecule has 0 aliphatic heterocycles. The summed E-state index contributed by atoms with van der Waals surface area (Å²) in [5.41, 5.74) is 3.76. The van der Waals surface area contributed by atoms with Crippen LogP contribution in [0, 0.1) is 6.92 Å². The summed E-state index contributed by atoms with van der Waals surface area (Å²) in [5, 5.41) is 8.17. The van der Waals surface area contributed by atoms with Crippen molar-refractivity contribution in [3.8, 4) is 0 Å².